The fourth-order valence-corrected chi connectivity index (χ4v) is 3.66. The Morgan fingerprint density at radius 2 is 2.14 bits per heavy atom. The Labute approximate surface area is 124 Å². The van der Waals surface area contributed by atoms with Gasteiger partial charge in [0.2, 0.25) is 5.89 Å². The molecule has 2 aliphatic carbocycles. The van der Waals surface area contributed by atoms with E-state index in [4.69, 9.17) is 10.3 Å². The number of aromatic nitrogens is 2. The minimum atomic E-state index is -0.500. The number of rotatable bonds is 3. The molecule has 1 heterocycles. The SMILES string of the molecule is CCC(C)(N)c1noc(C2C3CCc4ccccc4C32)n1. The van der Waals surface area contributed by atoms with E-state index in [2.05, 4.69) is 34.4 Å². The number of benzene rings is 1. The zero-order valence-corrected chi connectivity index (χ0v) is 12.5. The highest BCUT2D eigenvalue weighted by atomic mass is 16.5. The van der Waals surface area contributed by atoms with E-state index in [0.717, 1.165) is 12.3 Å². The minimum Gasteiger partial charge on any atom is -0.339 e. The molecule has 1 aromatic heterocycles. The van der Waals surface area contributed by atoms with Crippen LogP contribution in [-0.4, -0.2) is 10.1 Å². The minimum absolute atomic E-state index is 0.391. The maximum atomic E-state index is 6.21. The standard InChI is InChI=1S/C17H21N3O/c1-3-17(2,18)16-19-15(21-20-16)14-12-9-8-10-6-4-5-7-11(10)13(12)14/h4-7,12-14H,3,8-9,18H2,1-2H3. The summed E-state index contributed by atoms with van der Waals surface area (Å²) in [5.41, 5.74) is 8.67. The third kappa shape index (κ3) is 1.93. The van der Waals surface area contributed by atoms with Crippen molar-refractivity contribution in [2.24, 2.45) is 11.7 Å². The summed E-state index contributed by atoms with van der Waals surface area (Å²) >= 11 is 0. The van der Waals surface area contributed by atoms with Gasteiger partial charge in [-0.15, -0.1) is 0 Å². The molecular formula is C17H21N3O. The lowest BCUT2D eigenvalue weighted by Crippen LogP contribution is -2.33. The van der Waals surface area contributed by atoms with Crippen molar-refractivity contribution in [3.63, 3.8) is 0 Å². The molecule has 21 heavy (non-hydrogen) atoms. The summed E-state index contributed by atoms with van der Waals surface area (Å²) in [6.07, 6.45) is 3.18. The summed E-state index contributed by atoms with van der Waals surface area (Å²) < 4.78 is 5.54. The number of nitrogens with two attached hydrogens (primary N) is 1. The van der Waals surface area contributed by atoms with E-state index in [1.54, 1.807) is 0 Å². The van der Waals surface area contributed by atoms with Crippen LogP contribution < -0.4 is 5.73 Å². The lowest BCUT2D eigenvalue weighted by Gasteiger charge is -2.16. The van der Waals surface area contributed by atoms with E-state index in [-0.39, 0.29) is 0 Å². The van der Waals surface area contributed by atoms with E-state index in [1.807, 2.05) is 13.8 Å². The van der Waals surface area contributed by atoms with Crippen molar-refractivity contribution in [2.45, 2.75) is 50.5 Å². The number of hydrogen-bond donors (Lipinski definition) is 1. The molecule has 4 nitrogen and oxygen atoms in total. The highest BCUT2D eigenvalue weighted by Gasteiger charge is 2.56. The van der Waals surface area contributed by atoms with Crippen LogP contribution in [0.2, 0.25) is 0 Å². The van der Waals surface area contributed by atoms with Gasteiger partial charge in [-0.1, -0.05) is 36.3 Å². The highest BCUT2D eigenvalue weighted by Crippen LogP contribution is 2.64. The van der Waals surface area contributed by atoms with Crippen LogP contribution in [0.5, 0.6) is 0 Å². The lowest BCUT2D eigenvalue weighted by atomic mass is 9.92. The van der Waals surface area contributed by atoms with Crippen LogP contribution in [0.15, 0.2) is 28.8 Å². The molecule has 0 aliphatic heterocycles. The Morgan fingerprint density at radius 3 is 2.95 bits per heavy atom. The van der Waals surface area contributed by atoms with Crippen molar-refractivity contribution in [2.75, 3.05) is 0 Å². The van der Waals surface area contributed by atoms with Gasteiger partial charge >= 0.3 is 0 Å². The first kappa shape index (κ1) is 13.0. The zero-order chi connectivity index (χ0) is 14.6. The predicted molar refractivity (Wildman–Crippen MR) is 79.9 cm³/mol. The fourth-order valence-electron chi connectivity index (χ4n) is 3.66. The van der Waals surface area contributed by atoms with Crippen molar-refractivity contribution >= 4 is 0 Å². The van der Waals surface area contributed by atoms with Gasteiger partial charge in [0, 0.05) is 5.92 Å². The number of nitrogens with zero attached hydrogens (tertiary/aromatic N) is 2. The molecule has 4 heteroatoms. The van der Waals surface area contributed by atoms with E-state index in [0.29, 0.717) is 23.6 Å². The summed E-state index contributed by atoms with van der Waals surface area (Å²) in [6.45, 7) is 4.00. The van der Waals surface area contributed by atoms with Gasteiger partial charge in [0.1, 0.15) is 0 Å². The monoisotopic (exact) mass is 283 g/mol. The molecule has 2 aromatic rings. The molecule has 0 bridgehead atoms. The van der Waals surface area contributed by atoms with Crippen molar-refractivity contribution in [3.8, 4) is 0 Å². The molecule has 1 aromatic carbocycles. The normalized spacial score (nSPS) is 29.4. The van der Waals surface area contributed by atoms with Crippen LogP contribution in [0.25, 0.3) is 0 Å². The van der Waals surface area contributed by atoms with Gasteiger partial charge in [-0.25, -0.2) is 0 Å². The lowest BCUT2D eigenvalue weighted by molar-refractivity contribution is 0.349. The molecule has 1 saturated carbocycles. The molecule has 0 radical (unpaired) electrons. The van der Waals surface area contributed by atoms with E-state index >= 15 is 0 Å². The first-order chi connectivity index (χ1) is 10.1. The molecule has 2 aliphatic rings. The molecule has 0 saturated heterocycles. The van der Waals surface area contributed by atoms with Gasteiger partial charge in [-0.3, -0.25) is 0 Å². The van der Waals surface area contributed by atoms with Crippen molar-refractivity contribution in [3.05, 3.63) is 47.1 Å². The summed E-state index contributed by atoms with van der Waals surface area (Å²) in [7, 11) is 0. The zero-order valence-electron chi connectivity index (χ0n) is 12.5. The average Bonchev–Trinajstić information content (AvgIpc) is 3.04. The van der Waals surface area contributed by atoms with Crippen LogP contribution in [0.3, 0.4) is 0 Å². The molecule has 4 rings (SSSR count). The second-order valence-corrected chi connectivity index (χ2v) is 6.68. The molecule has 110 valence electrons. The van der Waals surface area contributed by atoms with Crippen LogP contribution >= 0.6 is 0 Å². The Bertz CT molecular complexity index is 676. The Kier molecular flexibility index (Phi) is 2.73. The van der Waals surface area contributed by atoms with E-state index < -0.39 is 5.54 Å². The van der Waals surface area contributed by atoms with E-state index in [1.165, 1.54) is 24.0 Å². The first-order valence-corrected chi connectivity index (χ1v) is 7.82. The van der Waals surface area contributed by atoms with Crippen molar-refractivity contribution < 1.29 is 4.52 Å². The Balaban J connectivity index is 1.63. The fraction of sp³-hybridized carbons (Fsp3) is 0.529. The maximum Gasteiger partial charge on any atom is 0.230 e. The molecule has 0 amide bonds. The van der Waals surface area contributed by atoms with Crippen LogP contribution in [-0.2, 0) is 12.0 Å². The van der Waals surface area contributed by atoms with E-state index in [9.17, 15) is 0 Å². The topological polar surface area (TPSA) is 64.9 Å². The molecule has 0 spiro atoms. The van der Waals surface area contributed by atoms with Gasteiger partial charge in [0.25, 0.3) is 0 Å². The molecular weight excluding hydrogens is 262 g/mol. The third-order valence-electron chi connectivity index (χ3n) is 5.30. The first-order valence-electron chi connectivity index (χ1n) is 7.82. The van der Waals surface area contributed by atoms with Gasteiger partial charge in [-0.2, -0.15) is 4.98 Å². The van der Waals surface area contributed by atoms with Crippen molar-refractivity contribution in [1.29, 1.82) is 0 Å². The Morgan fingerprint density at radius 1 is 1.33 bits per heavy atom. The molecule has 1 fully saturated rings. The quantitative estimate of drug-likeness (QED) is 0.940. The molecule has 4 atom stereocenters. The van der Waals surface area contributed by atoms with Crippen LogP contribution in [0, 0.1) is 5.92 Å². The van der Waals surface area contributed by atoms with Gasteiger partial charge < -0.3 is 10.3 Å². The predicted octanol–water partition coefficient (Wildman–Crippen LogP) is 3.10. The summed E-state index contributed by atoms with van der Waals surface area (Å²) in [4.78, 5) is 4.61. The van der Waals surface area contributed by atoms with Crippen LogP contribution in [0.1, 0.15) is 61.4 Å². The number of hydrogen-bond acceptors (Lipinski definition) is 4. The van der Waals surface area contributed by atoms with Crippen molar-refractivity contribution in [1.82, 2.24) is 10.1 Å². The smallest absolute Gasteiger partial charge is 0.230 e. The van der Waals surface area contributed by atoms with Gasteiger partial charge in [-0.05, 0) is 49.1 Å². The molecule has 4 unspecified atom stereocenters. The molecule has 2 N–H and O–H groups in total. The number of fused-ring (bicyclic) bond motifs is 3. The van der Waals surface area contributed by atoms with Crippen LogP contribution in [0.4, 0.5) is 0 Å². The average molecular weight is 283 g/mol. The maximum absolute atomic E-state index is 6.21. The summed E-state index contributed by atoms with van der Waals surface area (Å²) in [5, 5.41) is 4.12. The Hall–Kier alpha value is -1.68. The van der Waals surface area contributed by atoms with Gasteiger partial charge in [0.15, 0.2) is 5.82 Å². The number of aryl methyl sites for hydroxylation is 1. The largest absolute Gasteiger partial charge is 0.339 e. The summed E-state index contributed by atoms with van der Waals surface area (Å²) in [6, 6.07) is 8.75. The highest BCUT2D eigenvalue weighted by molar-refractivity contribution is 5.42. The van der Waals surface area contributed by atoms with Gasteiger partial charge in [0.05, 0.1) is 5.54 Å². The summed E-state index contributed by atoms with van der Waals surface area (Å²) in [5.74, 6) is 3.04. The second kappa shape index (κ2) is 4.41. The third-order valence-corrected chi connectivity index (χ3v) is 5.30. The second-order valence-electron chi connectivity index (χ2n) is 6.68.